The fourth-order valence-corrected chi connectivity index (χ4v) is 1.84. The van der Waals surface area contributed by atoms with Crippen LogP contribution < -0.4 is 5.43 Å². The smallest absolute Gasteiger partial charge is 0.359 e. The number of carbonyl (C=O) groups is 1. The zero-order chi connectivity index (χ0) is 14.7. The molecule has 0 saturated carbocycles. The largest absolute Gasteiger partial charge is 0.502 e. The molecule has 20 heavy (non-hydrogen) atoms. The monoisotopic (exact) mass is 273 g/mol. The number of carbonyl (C=O) groups excluding carboxylic acids is 1. The van der Waals surface area contributed by atoms with Crippen molar-refractivity contribution in [3.05, 3.63) is 58.0 Å². The Morgan fingerprint density at radius 3 is 2.50 bits per heavy atom. The lowest BCUT2D eigenvalue weighted by Crippen LogP contribution is -2.18. The van der Waals surface area contributed by atoms with E-state index in [4.69, 9.17) is 4.74 Å². The molecule has 1 heterocycles. The van der Waals surface area contributed by atoms with Gasteiger partial charge in [-0.05, 0) is 26.0 Å². The van der Waals surface area contributed by atoms with Gasteiger partial charge >= 0.3 is 5.97 Å². The van der Waals surface area contributed by atoms with E-state index in [9.17, 15) is 14.7 Å². The zero-order valence-electron chi connectivity index (χ0n) is 11.3. The summed E-state index contributed by atoms with van der Waals surface area (Å²) in [6.45, 7) is 3.76. The average molecular weight is 273 g/mol. The highest BCUT2D eigenvalue weighted by Crippen LogP contribution is 2.18. The molecule has 0 saturated heterocycles. The molecule has 0 radical (unpaired) electrons. The Morgan fingerprint density at radius 1 is 1.25 bits per heavy atom. The Bertz CT molecular complexity index is 686. The van der Waals surface area contributed by atoms with E-state index >= 15 is 0 Å². The molecule has 0 fully saturated rings. The van der Waals surface area contributed by atoms with Gasteiger partial charge in [0.05, 0.1) is 6.61 Å². The first-order valence-corrected chi connectivity index (χ1v) is 6.23. The van der Waals surface area contributed by atoms with Gasteiger partial charge in [-0.1, -0.05) is 17.7 Å². The van der Waals surface area contributed by atoms with E-state index in [2.05, 4.69) is 0 Å². The van der Waals surface area contributed by atoms with Crippen molar-refractivity contribution < 1.29 is 14.6 Å². The lowest BCUT2D eigenvalue weighted by Gasteiger charge is -2.13. The number of aromatic nitrogens is 1. The number of hydrogen-bond donors (Lipinski definition) is 1. The van der Waals surface area contributed by atoms with Gasteiger partial charge in [-0.25, -0.2) is 4.79 Å². The second kappa shape index (κ2) is 5.61. The maximum Gasteiger partial charge on any atom is 0.359 e. The topological polar surface area (TPSA) is 68.5 Å². The molecule has 5 nitrogen and oxygen atoms in total. The lowest BCUT2D eigenvalue weighted by atomic mass is 10.2. The van der Waals surface area contributed by atoms with E-state index in [1.165, 1.54) is 16.8 Å². The molecule has 0 aliphatic carbocycles. The van der Waals surface area contributed by atoms with Gasteiger partial charge in [-0.15, -0.1) is 0 Å². The van der Waals surface area contributed by atoms with Crippen LogP contribution in [0.3, 0.4) is 0 Å². The average Bonchev–Trinajstić information content (AvgIpc) is 2.43. The quantitative estimate of drug-likeness (QED) is 0.869. The van der Waals surface area contributed by atoms with Gasteiger partial charge in [0.2, 0.25) is 5.43 Å². The Labute approximate surface area is 116 Å². The molecule has 0 bridgehead atoms. The summed E-state index contributed by atoms with van der Waals surface area (Å²) >= 11 is 0. The second-order valence-electron chi connectivity index (χ2n) is 4.30. The molecule has 5 heteroatoms. The SMILES string of the molecule is CCOC(=O)c1c(O)c(=O)ccn1-c1ccc(C)cc1. The van der Waals surface area contributed by atoms with E-state index in [1.54, 1.807) is 19.1 Å². The fourth-order valence-electron chi connectivity index (χ4n) is 1.84. The van der Waals surface area contributed by atoms with Crippen LogP contribution in [0.15, 0.2) is 41.3 Å². The first-order chi connectivity index (χ1) is 9.54. The van der Waals surface area contributed by atoms with E-state index in [-0.39, 0.29) is 12.3 Å². The number of esters is 1. The summed E-state index contributed by atoms with van der Waals surface area (Å²) in [6.07, 6.45) is 1.44. The van der Waals surface area contributed by atoms with Gasteiger partial charge in [-0.3, -0.25) is 4.79 Å². The van der Waals surface area contributed by atoms with Crippen molar-refractivity contribution in [1.82, 2.24) is 4.57 Å². The van der Waals surface area contributed by atoms with Gasteiger partial charge in [0, 0.05) is 18.0 Å². The Hall–Kier alpha value is -2.56. The number of nitrogens with zero attached hydrogens (tertiary/aromatic N) is 1. The minimum Gasteiger partial charge on any atom is -0.502 e. The third kappa shape index (κ3) is 2.56. The summed E-state index contributed by atoms with van der Waals surface area (Å²) in [5, 5.41) is 9.86. The minimum atomic E-state index is -0.733. The van der Waals surface area contributed by atoms with Crippen LogP contribution in [0.2, 0.25) is 0 Å². The molecule has 0 amide bonds. The van der Waals surface area contributed by atoms with Gasteiger partial charge in [0.15, 0.2) is 11.4 Å². The maximum atomic E-state index is 11.9. The highest BCUT2D eigenvalue weighted by molar-refractivity contribution is 5.91. The normalized spacial score (nSPS) is 10.3. The summed E-state index contributed by atoms with van der Waals surface area (Å²) in [5.74, 6) is -1.34. The minimum absolute atomic E-state index is 0.162. The van der Waals surface area contributed by atoms with Crippen LogP contribution in [-0.2, 0) is 4.74 Å². The third-order valence-corrected chi connectivity index (χ3v) is 2.85. The van der Waals surface area contributed by atoms with Gasteiger partial charge in [0.1, 0.15) is 0 Å². The van der Waals surface area contributed by atoms with Gasteiger partial charge in [-0.2, -0.15) is 0 Å². The van der Waals surface area contributed by atoms with Gasteiger partial charge < -0.3 is 14.4 Å². The number of ether oxygens (including phenoxy) is 1. The van der Waals surface area contributed by atoms with Crippen LogP contribution in [0.1, 0.15) is 23.0 Å². The Balaban J connectivity index is 2.64. The van der Waals surface area contributed by atoms with Crippen molar-refractivity contribution >= 4 is 5.97 Å². The lowest BCUT2D eigenvalue weighted by molar-refractivity contribution is 0.0512. The number of aryl methyl sites for hydroxylation is 1. The summed E-state index contributed by atoms with van der Waals surface area (Å²) < 4.78 is 6.33. The predicted octanol–water partition coefficient (Wildman–Crippen LogP) is 2.03. The molecule has 104 valence electrons. The van der Waals surface area contributed by atoms with E-state index < -0.39 is 17.1 Å². The second-order valence-corrected chi connectivity index (χ2v) is 4.30. The predicted molar refractivity (Wildman–Crippen MR) is 74.4 cm³/mol. The molecular weight excluding hydrogens is 258 g/mol. The van der Waals surface area contributed by atoms with Crippen molar-refractivity contribution in [2.24, 2.45) is 0 Å². The summed E-state index contributed by atoms with van der Waals surface area (Å²) in [4.78, 5) is 23.5. The van der Waals surface area contributed by atoms with Crippen LogP contribution >= 0.6 is 0 Å². The molecule has 1 aromatic heterocycles. The first-order valence-electron chi connectivity index (χ1n) is 6.23. The molecule has 1 N–H and O–H groups in total. The molecule has 2 aromatic rings. The molecule has 0 spiro atoms. The molecular formula is C15H15NO4. The van der Waals surface area contributed by atoms with Crippen molar-refractivity contribution in [3.63, 3.8) is 0 Å². The van der Waals surface area contributed by atoms with Crippen LogP contribution in [0, 0.1) is 6.92 Å². The van der Waals surface area contributed by atoms with E-state index in [1.807, 2.05) is 19.1 Å². The zero-order valence-corrected chi connectivity index (χ0v) is 11.3. The van der Waals surface area contributed by atoms with Crippen LogP contribution in [0.4, 0.5) is 0 Å². The van der Waals surface area contributed by atoms with Crippen molar-refractivity contribution in [1.29, 1.82) is 0 Å². The fraction of sp³-hybridized carbons (Fsp3) is 0.200. The van der Waals surface area contributed by atoms with E-state index in [0.29, 0.717) is 5.69 Å². The van der Waals surface area contributed by atoms with Gasteiger partial charge in [0.25, 0.3) is 0 Å². The molecule has 0 atom stereocenters. The van der Waals surface area contributed by atoms with Crippen molar-refractivity contribution in [2.75, 3.05) is 6.61 Å². The highest BCUT2D eigenvalue weighted by atomic mass is 16.5. The molecule has 0 unspecified atom stereocenters. The summed E-state index contributed by atoms with van der Waals surface area (Å²) in [7, 11) is 0. The molecule has 0 aliphatic rings. The molecule has 0 aliphatic heterocycles. The first kappa shape index (κ1) is 13.9. The van der Waals surface area contributed by atoms with E-state index in [0.717, 1.165) is 5.56 Å². The number of benzene rings is 1. The number of hydrogen-bond acceptors (Lipinski definition) is 4. The van der Waals surface area contributed by atoms with Crippen molar-refractivity contribution in [2.45, 2.75) is 13.8 Å². The van der Waals surface area contributed by atoms with Crippen LogP contribution in [0.25, 0.3) is 5.69 Å². The van der Waals surface area contributed by atoms with Crippen LogP contribution in [0.5, 0.6) is 5.75 Å². The summed E-state index contributed by atoms with van der Waals surface area (Å²) in [6, 6.07) is 8.54. The van der Waals surface area contributed by atoms with Crippen LogP contribution in [-0.4, -0.2) is 22.2 Å². The molecule has 2 rings (SSSR count). The summed E-state index contributed by atoms with van der Waals surface area (Å²) in [5.41, 5.74) is 0.949. The standard InChI is InChI=1S/C15H15NO4/c1-3-20-15(19)13-14(18)12(17)8-9-16(13)11-6-4-10(2)5-7-11/h4-9,18H,3H2,1-2H3. The Morgan fingerprint density at radius 2 is 1.90 bits per heavy atom. The maximum absolute atomic E-state index is 11.9. The third-order valence-electron chi connectivity index (χ3n) is 2.85. The molecule has 1 aromatic carbocycles. The van der Waals surface area contributed by atoms with Crippen molar-refractivity contribution in [3.8, 4) is 11.4 Å². The number of rotatable bonds is 3. The highest BCUT2D eigenvalue weighted by Gasteiger charge is 2.20. The number of aromatic hydroxyl groups is 1. The number of pyridine rings is 1. The Kier molecular flexibility index (Phi) is 3.89.